The van der Waals surface area contributed by atoms with Gasteiger partial charge in [0.2, 0.25) is 6.41 Å². The maximum absolute atomic E-state index is 9.20. The van der Waals surface area contributed by atoms with Gasteiger partial charge in [0, 0.05) is 11.0 Å². The van der Waals surface area contributed by atoms with Gasteiger partial charge in [0.05, 0.1) is 5.76 Å². The van der Waals surface area contributed by atoms with Crippen molar-refractivity contribution in [1.29, 1.82) is 0 Å². The van der Waals surface area contributed by atoms with Crippen molar-refractivity contribution in [2.24, 2.45) is 22.8 Å². The third kappa shape index (κ3) is 24.0. The SMILES string of the molecule is C=C(C)CC(N)(/C=C/CCCCC)CC(=C)CCCCCCCCCCC.C=C(O)C1(CC(C)C)CC1.NC=O. The van der Waals surface area contributed by atoms with Crippen LogP contribution in [0.2, 0.25) is 0 Å². The number of carbonyl (C=O) groups is 1. The highest BCUT2D eigenvalue weighted by atomic mass is 16.3. The second kappa shape index (κ2) is 24.9. The molecule has 1 rings (SSSR count). The second-order valence-corrected chi connectivity index (χ2v) is 12.7. The standard InChI is InChI=1S/C26H49N.C9H16O.CH3NO/c1-6-8-10-12-13-14-15-16-18-20-25(5)23-26(27,22-24(3)4)21-19-17-11-9-7-2;1-7(2)6-9(4-5-9)8(3)10;2-1-3/h19,21H,3,5-18,20,22-23,27H2,1-2,4H3;7,10H,3-6H2,1-2H3;1H,(H2,2,3)/b21-19+;;. The molecule has 0 heterocycles. The minimum Gasteiger partial charge on any atom is -0.512 e. The highest BCUT2D eigenvalue weighted by molar-refractivity contribution is 5.42. The van der Waals surface area contributed by atoms with Crippen LogP contribution in [0.15, 0.2) is 48.8 Å². The number of hydrogen-bond acceptors (Lipinski definition) is 3. The van der Waals surface area contributed by atoms with E-state index >= 15 is 0 Å². The van der Waals surface area contributed by atoms with Gasteiger partial charge in [0.15, 0.2) is 0 Å². The van der Waals surface area contributed by atoms with Crippen molar-refractivity contribution in [3.05, 3.63) is 48.8 Å². The van der Waals surface area contributed by atoms with Crippen LogP contribution in [0.4, 0.5) is 0 Å². The van der Waals surface area contributed by atoms with E-state index in [1.54, 1.807) is 0 Å². The molecule has 1 aliphatic carbocycles. The van der Waals surface area contributed by atoms with Gasteiger partial charge in [0.1, 0.15) is 0 Å². The molecule has 1 aliphatic rings. The summed E-state index contributed by atoms with van der Waals surface area (Å²) in [4.78, 5) is 8.58. The van der Waals surface area contributed by atoms with E-state index in [9.17, 15) is 5.11 Å². The summed E-state index contributed by atoms with van der Waals surface area (Å²) < 4.78 is 0. The normalized spacial score (nSPS) is 14.9. The number of allylic oxidation sites excluding steroid dienone is 2. The lowest BCUT2D eigenvalue weighted by molar-refractivity contribution is -0.106. The fourth-order valence-corrected chi connectivity index (χ4v) is 5.35. The highest BCUT2D eigenvalue weighted by Crippen LogP contribution is 2.54. The molecule has 5 N–H and O–H groups in total. The molecule has 0 aromatic heterocycles. The van der Waals surface area contributed by atoms with Crippen LogP contribution in [-0.4, -0.2) is 17.1 Å². The lowest BCUT2D eigenvalue weighted by Crippen LogP contribution is -2.38. The second-order valence-electron chi connectivity index (χ2n) is 12.7. The summed E-state index contributed by atoms with van der Waals surface area (Å²) in [7, 11) is 0. The summed E-state index contributed by atoms with van der Waals surface area (Å²) in [5.74, 6) is 1.08. The molecule has 0 radical (unpaired) electrons. The van der Waals surface area contributed by atoms with E-state index in [4.69, 9.17) is 10.5 Å². The Hall–Kier alpha value is -1.81. The van der Waals surface area contributed by atoms with Gasteiger partial charge >= 0.3 is 0 Å². The molecular weight excluding hydrogens is 492 g/mol. The number of unbranched alkanes of at least 4 members (excludes halogenated alkanes) is 11. The molecule has 234 valence electrons. The van der Waals surface area contributed by atoms with Gasteiger partial charge < -0.3 is 16.6 Å². The van der Waals surface area contributed by atoms with Crippen LogP contribution in [0.25, 0.3) is 0 Å². The topological polar surface area (TPSA) is 89.3 Å². The first kappa shape index (κ1) is 40.3. The van der Waals surface area contributed by atoms with Crippen molar-refractivity contribution in [1.82, 2.24) is 0 Å². The fraction of sp³-hybridized carbons (Fsp3) is 0.750. The van der Waals surface area contributed by atoms with Crippen LogP contribution >= 0.6 is 0 Å². The molecule has 1 atom stereocenters. The van der Waals surface area contributed by atoms with Gasteiger partial charge in [-0.15, -0.1) is 6.58 Å². The first-order valence-electron chi connectivity index (χ1n) is 16.2. The van der Waals surface area contributed by atoms with Gasteiger partial charge in [-0.25, -0.2) is 0 Å². The van der Waals surface area contributed by atoms with E-state index in [0.717, 1.165) is 50.5 Å². The molecule has 0 saturated heterocycles. The first-order chi connectivity index (χ1) is 18.9. The van der Waals surface area contributed by atoms with Crippen LogP contribution in [-0.2, 0) is 4.79 Å². The Bertz CT molecular complexity index is 706. The van der Waals surface area contributed by atoms with E-state index in [2.05, 4.69) is 72.2 Å². The summed E-state index contributed by atoms with van der Waals surface area (Å²) >= 11 is 0. The number of nitrogens with two attached hydrogens (primary N) is 2. The Morgan fingerprint density at radius 3 is 1.77 bits per heavy atom. The van der Waals surface area contributed by atoms with E-state index in [0.29, 0.717) is 11.7 Å². The molecular formula is C36H68N2O2. The highest BCUT2D eigenvalue weighted by Gasteiger charge is 2.45. The molecule has 1 amide bonds. The zero-order chi connectivity index (χ0) is 30.9. The van der Waals surface area contributed by atoms with E-state index in [-0.39, 0.29) is 17.4 Å². The fourth-order valence-electron chi connectivity index (χ4n) is 5.35. The number of aliphatic hydroxyl groups excluding tert-OH is 1. The molecule has 0 aromatic rings. The number of rotatable bonds is 22. The predicted octanol–water partition coefficient (Wildman–Crippen LogP) is 10.6. The quantitative estimate of drug-likeness (QED) is 0.0532. The number of amides is 1. The number of primary amides is 1. The Morgan fingerprint density at radius 1 is 0.900 bits per heavy atom. The Labute approximate surface area is 249 Å². The maximum atomic E-state index is 9.20. The van der Waals surface area contributed by atoms with Crippen molar-refractivity contribution in [3.63, 3.8) is 0 Å². The van der Waals surface area contributed by atoms with Crippen molar-refractivity contribution in [2.45, 2.75) is 162 Å². The maximum Gasteiger partial charge on any atom is 0.204 e. The van der Waals surface area contributed by atoms with Crippen LogP contribution in [0.1, 0.15) is 157 Å². The zero-order valence-electron chi connectivity index (χ0n) is 27.4. The van der Waals surface area contributed by atoms with Crippen molar-refractivity contribution < 1.29 is 9.90 Å². The summed E-state index contributed by atoms with van der Waals surface area (Å²) in [6.45, 7) is 23.0. The van der Waals surface area contributed by atoms with Crippen LogP contribution < -0.4 is 11.5 Å². The van der Waals surface area contributed by atoms with Gasteiger partial charge in [-0.05, 0) is 70.6 Å². The molecule has 4 nitrogen and oxygen atoms in total. The summed E-state index contributed by atoms with van der Waals surface area (Å²) in [5.41, 5.74) is 13.2. The Balaban J connectivity index is 0. The largest absolute Gasteiger partial charge is 0.512 e. The van der Waals surface area contributed by atoms with Crippen molar-refractivity contribution in [3.8, 4) is 0 Å². The third-order valence-electron chi connectivity index (χ3n) is 7.53. The molecule has 1 saturated carbocycles. The summed E-state index contributed by atoms with van der Waals surface area (Å²) in [5, 5.41) is 9.20. The van der Waals surface area contributed by atoms with Crippen molar-refractivity contribution >= 4 is 6.41 Å². The average molecular weight is 561 g/mol. The third-order valence-corrected chi connectivity index (χ3v) is 7.53. The van der Waals surface area contributed by atoms with Gasteiger partial charge in [0.25, 0.3) is 0 Å². The smallest absolute Gasteiger partial charge is 0.204 e. The number of aliphatic hydroxyl groups is 1. The minimum absolute atomic E-state index is 0.133. The number of carbonyl (C=O) groups excluding carboxylic acids is 1. The van der Waals surface area contributed by atoms with Gasteiger partial charge in [-0.1, -0.05) is 128 Å². The minimum atomic E-state index is -0.297. The summed E-state index contributed by atoms with van der Waals surface area (Å²) in [6.07, 6.45) is 28.3. The molecule has 1 fully saturated rings. The van der Waals surface area contributed by atoms with Crippen LogP contribution in [0, 0.1) is 11.3 Å². The number of hydrogen-bond donors (Lipinski definition) is 3. The zero-order valence-corrected chi connectivity index (χ0v) is 27.4. The summed E-state index contributed by atoms with van der Waals surface area (Å²) in [6, 6.07) is 0. The van der Waals surface area contributed by atoms with Crippen LogP contribution in [0.3, 0.4) is 0 Å². The van der Waals surface area contributed by atoms with E-state index in [1.165, 1.54) is 82.6 Å². The molecule has 0 bridgehead atoms. The molecule has 40 heavy (non-hydrogen) atoms. The average Bonchev–Trinajstić information content (AvgIpc) is 3.63. The van der Waals surface area contributed by atoms with Crippen LogP contribution in [0.5, 0.6) is 0 Å². The predicted molar refractivity (Wildman–Crippen MR) is 178 cm³/mol. The molecule has 0 aliphatic heterocycles. The van der Waals surface area contributed by atoms with Gasteiger partial charge in [-0.3, -0.25) is 4.79 Å². The Kier molecular flexibility index (Phi) is 25.1. The molecule has 4 heteroatoms. The molecule has 0 aromatic carbocycles. The van der Waals surface area contributed by atoms with Crippen molar-refractivity contribution in [2.75, 3.05) is 0 Å². The lowest BCUT2D eigenvalue weighted by atomic mass is 9.84. The monoisotopic (exact) mass is 561 g/mol. The first-order valence-corrected chi connectivity index (χ1v) is 16.2. The molecule has 0 spiro atoms. The van der Waals surface area contributed by atoms with E-state index in [1.807, 2.05) is 0 Å². The Morgan fingerprint density at radius 2 is 1.38 bits per heavy atom. The van der Waals surface area contributed by atoms with E-state index < -0.39 is 0 Å². The molecule has 1 unspecified atom stereocenters. The van der Waals surface area contributed by atoms with Gasteiger partial charge in [-0.2, -0.15) is 0 Å². The lowest BCUT2D eigenvalue weighted by Gasteiger charge is -2.27.